The quantitative estimate of drug-likeness (QED) is 0.178. The van der Waals surface area contributed by atoms with Crippen molar-refractivity contribution in [1.29, 1.82) is 0 Å². The van der Waals surface area contributed by atoms with Crippen molar-refractivity contribution < 1.29 is 0 Å². The molecule has 0 amide bonds. The first-order valence-corrected chi connectivity index (χ1v) is 17.8. The van der Waals surface area contributed by atoms with E-state index >= 15 is 0 Å². The SMILES string of the molecule is CC1(C)c2ccccc2-n2c3ccc(-c4ccccc4)cc3c3cc4c(c1c32)c1cc(-c2ccccc2)cc2c1n4-c1ccccc1C2(C)C. The molecule has 0 fully saturated rings. The van der Waals surface area contributed by atoms with E-state index in [1.807, 2.05) is 0 Å². The summed E-state index contributed by atoms with van der Waals surface area (Å²) in [7, 11) is 0. The van der Waals surface area contributed by atoms with Gasteiger partial charge in [0.1, 0.15) is 0 Å². The van der Waals surface area contributed by atoms with Crippen molar-refractivity contribution in [3.05, 3.63) is 168 Å². The second-order valence-corrected chi connectivity index (χ2v) is 15.4. The Balaban J connectivity index is 1.41. The van der Waals surface area contributed by atoms with Crippen molar-refractivity contribution in [3.63, 3.8) is 0 Å². The molecule has 0 saturated carbocycles. The molecular formula is C48H36N2. The lowest BCUT2D eigenvalue weighted by atomic mass is 9.72. The molecule has 0 radical (unpaired) electrons. The van der Waals surface area contributed by atoms with E-state index in [1.54, 1.807) is 0 Å². The van der Waals surface area contributed by atoms with E-state index in [4.69, 9.17) is 0 Å². The molecule has 2 nitrogen and oxygen atoms in total. The number of rotatable bonds is 2. The Kier molecular flexibility index (Phi) is 5.28. The predicted molar refractivity (Wildman–Crippen MR) is 210 cm³/mol. The fourth-order valence-corrected chi connectivity index (χ4v) is 9.67. The third kappa shape index (κ3) is 3.39. The summed E-state index contributed by atoms with van der Waals surface area (Å²) in [6.07, 6.45) is 0. The van der Waals surface area contributed by atoms with Crippen LogP contribution in [0.3, 0.4) is 0 Å². The monoisotopic (exact) mass is 640 g/mol. The Morgan fingerprint density at radius 3 is 1.62 bits per heavy atom. The van der Waals surface area contributed by atoms with Crippen molar-refractivity contribution in [2.45, 2.75) is 38.5 Å². The number of benzene rings is 7. The van der Waals surface area contributed by atoms with E-state index in [9.17, 15) is 0 Å². The molecule has 50 heavy (non-hydrogen) atoms. The van der Waals surface area contributed by atoms with Gasteiger partial charge in [0, 0.05) is 32.4 Å². The number of hydrogen-bond donors (Lipinski definition) is 0. The topological polar surface area (TPSA) is 9.86 Å². The van der Waals surface area contributed by atoms with E-state index in [0.29, 0.717) is 0 Å². The largest absolute Gasteiger partial charge is 0.309 e. The van der Waals surface area contributed by atoms with Gasteiger partial charge in [0.05, 0.1) is 33.4 Å². The zero-order chi connectivity index (χ0) is 33.5. The average Bonchev–Trinajstić information content (AvgIpc) is 3.65. The fraction of sp³-hybridized carbons (Fsp3) is 0.125. The number of hydrogen-bond acceptors (Lipinski definition) is 0. The Morgan fingerprint density at radius 1 is 0.380 bits per heavy atom. The Labute approximate surface area is 291 Å². The highest BCUT2D eigenvalue weighted by Crippen LogP contribution is 2.55. The number of fused-ring (bicyclic) bond motifs is 11. The minimum Gasteiger partial charge on any atom is -0.309 e. The summed E-state index contributed by atoms with van der Waals surface area (Å²) >= 11 is 0. The molecule has 2 aliphatic rings. The van der Waals surface area contributed by atoms with Gasteiger partial charge >= 0.3 is 0 Å². The summed E-state index contributed by atoms with van der Waals surface area (Å²) in [5.41, 5.74) is 17.9. The van der Waals surface area contributed by atoms with E-state index in [-0.39, 0.29) is 10.8 Å². The number of para-hydroxylation sites is 2. The lowest BCUT2D eigenvalue weighted by Crippen LogP contribution is -2.26. The highest BCUT2D eigenvalue weighted by atomic mass is 15.0. The molecule has 0 aliphatic carbocycles. The Bertz CT molecular complexity index is 2900. The molecule has 0 atom stereocenters. The summed E-state index contributed by atoms with van der Waals surface area (Å²) in [5, 5.41) is 5.31. The summed E-state index contributed by atoms with van der Waals surface area (Å²) in [5.74, 6) is 0. The molecule has 4 heterocycles. The van der Waals surface area contributed by atoms with E-state index in [0.717, 1.165) is 0 Å². The normalized spacial score (nSPS) is 15.1. The van der Waals surface area contributed by atoms with Crippen molar-refractivity contribution in [2.24, 2.45) is 0 Å². The second-order valence-electron chi connectivity index (χ2n) is 15.4. The van der Waals surface area contributed by atoms with Gasteiger partial charge in [0.2, 0.25) is 0 Å². The average molecular weight is 641 g/mol. The van der Waals surface area contributed by atoms with Crippen molar-refractivity contribution >= 4 is 43.6 Å². The molecular weight excluding hydrogens is 605 g/mol. The van der Waals surface area contributed by atoms with Gasteiger partial charge in [-0.3, -0.25) is 0 Å². The van der Waals surface area contributed by atoms with Gasteiger partial charge in [-0.15, -0.1) is 0 Å². The standard InChI is InChI=1S/C48H36N2/c1-47(2)36-19-11-13-21-40(36)50-42-28-34-33-25-31(29-15-7-5-8-16-29)23-24-39(33)49-41-22-14-12-20-37(41)48(3,4)44(46(34)49)43(42)35-26-32(27-38(47)45(35)50)30-17-9-6-10-18-30/h5-28H,1-4H3. The molecule has 0 saturated heterocycles. The van der Waals surface area contributed by atoms with Crippen LogP contribution in [0.4, 0.5) is 0 Å². The van der Waals surface area contributed by atoms with Crippen molar-refractivity contribution in [1.82, 2.24) is 9.13 Å². The van der Waals surface area contributed by atoms with Crippen LogP contribution >= 0.6 is 0 Å². The minimum atomic E-state index is -0.244. The third-order valence-corrected chi connectivity index (χ3v) is 12.0. The molecule has 0 spiro atoms. The molecule has 2 aliphatic heterocycles. The fourth-order valence-electron chi connectivity index (χ4n) is 9.67. The van der Waals surface area contributed by atoms with E-state index in [2.05, 4.69) is 182 Å². The first kappa shape index (κ1) is 28.0. The van der Waals surface area contributed by atoms with Crippen LogP contribution in [0.1, 0.15) is 49.9 Å². The smallest absolute Gasteiger partial charge is 0.0589 e. The first-order chi connectivity index (χ1) is 24.3. The predicted octanol–water partition coefficient (Wildman–Crippen LogP) is 12.5. The van der Waals surface area contributed by atoms with Crippen LogP contribution in [0.5, 0.6) is 0 Å². The van der Waals surface area contributed by atoms with Gasteiger partial charge in [0.25, 0.3) is 0 Å². The molecule has 9 aromatic rings. The van der Waals surface area contributed by atoms with Crippen molar-refractivity contribution in [3.8, 4) is 33.6 Å². The highest BCUT2D eigenvalue weighted by Gasteiger charge is 2.41. The number of aromatic nitrogens is 2. The summed E-state index contributed by atoms with van der Waals surface area (Å²) in [6.45, 7) is 9.70. The zero-order valence-electron chi connectivity index (χ0n) is 28.8. The first-order valence-electron chi connectivity index (χ1n) is 17.8. The maximum Gasteiger partial charge on any atom is 0.0589 e. The van der Waals surface area contributed by atoms with Crippen molar-refractivity contribution in [2.75, 3.05) is 0 Å². The lowest BCUT2D eigenvalue weighted by Gasteiger charge is -2.35. The van der Waals surface area contributed by atoms with Crippen LogP contribution in [0.25, 0.3) is 77.2 Å². The Hall–Kier alpha value is -5.86. The Morgan fingerprint density at radius 2 is 0.940 bits per heavy atom. The maximum atomic E-state index is 2.60. The van der Waals surface area contributed by atoms with Crippen LogP contribution < -0.4 is 0 Å². The third-order valence-electron chi connectivity index (χ3n) is 12.0. The summed E-state index contributed by atoms with van der Waals surface area (Å²) in [6, 6.07) is 54.4. The van der Waals surface area contributed by atoms with Gasteiger partial charge in [-0.05, 0) is 87.0 Å². The second kappa shape index (κ2) is 9.43. The highest BCUT2D eigenvalue weighted by molar-refractivity contribution is 6.24. The van der Waals surface area contributed by atoms with Gasteiger partial charge in [-0.25, -0.2) is 0 Å². The molecule has 0 unspecified atom stereocenters. The summed E-state index contributed by atoms with van der Waals surface area (Å²) < 4.78 is 5.17. The van der Waals surface area contributed by atoms with Crippen LogP contribution in [0.2, 0.25) is 0 Å². The zero-order valence-corrected chi connectivity index (χ0v) is 28.8. The van der Waals surface area contributed by atoms with Gasteiger partial charge in [-0.1, -0.05) is 131 Å². The molecule has 2 aromatic heterocycles. The lowest BCUT2D eigenvalue weighted by molar-refractivity contribution is 0.630. The van der Waals surface area contributed by atoms with E-state index in [1.165, 1.54) is 99.5 Å². The van der Waals surface area contributed by atoms with Crippen LogP contribution in [-0.4, -0.2) is 9.13 Å². The van der Waals surface area contributed by atoms with Gasteiger partial charge in [0.15, 0.2) is 0 Å². The molecule has 11 rings (SSSR count). The number of nitrogens with zero attached hydrogens (tertiary/aromatic N) is 2. The summed E-state index contributed by atoms with van der Waals surface area (Å²) in [4.78, 5) is 0. The molecule has 238 valence electrons. The minimum absolute atomic E-state index is 0.171. The van der Waals surface area contributed by atoms with Crippen LogP contribution in [0.15, 0.2) is 146 Å². The molecule has 0 bridgehead atoms. The maximum absolute atomic E-state index is 2.60. The molecule has 2 heteroatoms. The van der Waals surface area contributed by atoms with Gasteiger partial charge < -0.3 is 9.13 Å². The molecule has 0 N–H and O–H groups in total. The van der Waals surface area contributed by atoms with Crippen LogP contribution in [0, 0.1) is 0 Å². The van der Waals surface area contributed by atoms with E-state index < -0.39 is 0 Å². The molecule has 7 aromatic carbocycles. The van der Waals surface area contributed by atoms with Crippen LogP contribution in [-0.2, 0) is 10.8 Å². The van der Waals surface area contributed by atoms with Gasteiger partial charge in [-0.2, -0.15) is 0 Å².